The van der Waals surface area contributed by atoms with Crippen LogP contribution < -0.4 is 0 Å². The van der Waals surface area contributed by atoms with Gasteiger partial charge in [-0.15, -0.1) is 0 Å². The number of aromatic nitrogens is 7. The number of nitrogens with zero attached hydrogens (tertiary/aromatic N) is 9. The van der Waals surface area contributed by atoms with Crippen molar-refractivity contribution in [3.05, 3.63) is 54.8 Å². The van der Waals surface area contributed by atoms with Crippen LogP contribution in [0.3, 0.4) is 0 Å². The molecule has 14 heteroatoms. The number of rotatable bonds is 5. The van der Waals surface area contributed by atoms with Crippen LogP contribution in [-0.4, -0.2) is 82.6 Å². The number of alkyl halides is 3. The van der Waals surface area contributed by atoms with Crippen molar-refractivity contribution in [2.24, 2.45) is 0 Å². The number of halogens is 3. The maximum absolute atomic E-state index is 12.7. The second-order valence-corrected chi connectivity index (χ2v) is 9.91. The Morgan fingerprint density at radius 1 is 1.13 bits per heavy atom. The number of hydrogen-bond donors (Lipinski definition) is 1. The van der Waals surface area contributed by atoms with Crippen molar-refractivity contribution < 1.29 is 18.0 Å². The van der Waals surface area contributed by atoms with E-state index in [1.54, 1.807) is 11.1 Å². The molecule has 0 bridgehead atoms. The molecule has 200 valence electrons. The Bertz CT molecular complexity index is 1540. The summed E-state index contributed by atoms with van der Waals surface area (Å²) in [6.07, 6.45) is 5.57. The summed E-state index contributed by atoms with van der Waals surface area (Å²) in [5.41, 5.74) is 0.662. The van der Waals surface area contributed by atoms with Gasteiger partial charge in [0.1, 0.15) is 23.2 Å². The van der Waals surface area contributed by atoms with Gasteiger partial charge in [-0.25, -0.2) is 19.9 Å². The van der Waals surface area contributed by atoms with E-state index in [4.69, 9.17) is 0 Å². The maximum atomic E-state index is 12.7. The highest BCUT2D eigenvalue weighted by atomic mass is 19.4. The monoisotopic (exact) mass is 536 g/mol. The normalized spacial score (nSPS) is 18.2. The van der Waals surface area contributed by atoms with Gasteiger partial charge in [0, 0.05) is 55.6 Å². The number of carbonyl (C=O) groups excluding carboxylic acids is 1. The highest BCUT2D eigenvalue weighted by Crippen LogP contribution is 2.37. The number of nitriles is 1. The van der Waals surface area contributed by atoms with Gasteiger partial charge in [0.05, 0.1) is 36.8 Å². The molecule has 2 fully saturated rings. The van der Waals surface area contributed by atoms with E-state index in [9.17, 15) is 23.2 Å². The number of hydrogen-bond acceptors (Lipinski definition) is 8. The largest absolute Gasteiger partial charge is 0.434 e. The molecular weight excluding hydrogens is 513 g/mol. The van der Waals surface area contributed by atoms with Gasteiger partial charge in [-0.2, -0.15) is 23.5 Å². The standard InChI is InChI=1S/C25H23F3N10O/c26-25(27,28)20-11-31-19(10-32-20)23(39)36-7-2-17(3-8-36)37-13-24(14-37,4-5-29)38-12-16(9-35-38)21-18-1-6-30-22(18)34-15-33-21/h1,6,9-12,15,17H,2-4,7-8,13-14H2,(H,30,33,34). The predicted molar refractivity (Wildman–Crippen MR) is 131 cm³/mol. The molecule has 1 N–H and O–H groups in total. The first-order chi connectivity index (χ1) is 18.8. The molecule has 0 atom stereocenters. The fourth-order valence-electron chi connectivity index (χ4n) is 5.44. The maximum Gasteiger partial charge on any atom is 0.434 e. The summed E-state index contributed by atoms with van der Waals surface area (Å²) in [7, 11) is 0. The molecule has 6 rings (SSSR count). The first kappa shape index (κ1) is 24.9. The van der Waals surface area contributed by atoms with Crippen LogP contribution >= 0.6 is 0 Å². The molecule has 4 aromatic heterocycles. The quantitative estimate of drug-likeness (QED) is 0.412. The zero-order valence-electron chi connectivity index (χ0n) is 20.6. The van der Waals surface area contributed by atoms with Crippen molar-refractivity contribution >= 4 is 16.9 Å². The van der Waals surface area contributed by atoms with Crippen molar-refractivity contribution in [1.82, 2.24) is 44.5 Å². The molecule has 2 aliphatic heterocycles. The second-order valence-electron chi connectivity index (χ2n) is 9.91. The number of H-pyrrole nitrogens is 1. The number of likely N-dealkylation sites (tertiary alicyclic amines) is 2. The number of fused-ring (bicyclic) bond motifs is 1. The average molecular weight is 537 g/mol. The summed E-state index contributed by atoms with van der Waals surface area (Å²) in [6, 6.07) is 4.44. The third-order valence-electron chi connectivity index (χ3n) is 7.53. The van der Waals surface area contributed by atoms with E-state index >= 15 is 0 Å². The molecular formula is C25H23F3N10O. The molecule has 4 aromatic rings. The van der Waals surface area contributed by atoms with Gasteiger partial charge in [-0.1, -0.05) is 0 Å². The van der Waals surface area contributed by atoms with Crippen LogP contribution in [0.5, 0.6) is 0 Å². The van der Waals surface area contributed by atoms with Crippen LogP contribution in [0.25, 0.3) is 22.3 Å². The van der Waals surface area contributed by atoms with Crippen LogP contribution in [0.15, 0.2) is 43.4 Å². The third-order valence-corrected chi connectivity index (χ3v) is 7.53. The molecule has 0 aromatic carbocycles. The number of aromatic amines is 1. The highest BCUT2D eigenvalue weighted by molar-refractivity contribution is 5.92. The van der Waals surface area contributed by atoms with Crippen LogP contribution in [0.2, 0.25) is 0 Å². The van der Waals surface area contributed by atoms with E-state index in [-0.39, 0.29) is 11.7 Å². The van der Waals surface area contributed by atoms with Crippen molar-refractivity contribution in [2.45, 2.75) is 37.0 Å². The van der Waals surface area contributed by atoms with Gasteiger partial charge < -0.3 is 9.88 Å². The minimum Gasteiger partial charge on any atom is -0.346 e. The zero-order chi connectivity index (χ0) is 27.2. The first-order valence-corrected chi connectivity index (χ1v) is 12.4. The van der Waals surface area contributed by atoms with E-state index in [1.807, 2.05) is 23.1 Å². The molecule has 0 aliphatic carbocycles. The summed E-state index contributed by atoms with van der Waals surface area (Å²) in [5, 5.41) is 15.1. The second kappa shape index (κ2) is 9.42. The first-order valence-electron chi connectivity index (χ1n) is 12.4. The Labute approximate surface area is 220 Å². The molecule has 6 heterocycles. The summed E-state index contributed by atoms with van der Waals surface area (Å²) in [4.78, 5) is 35.4. The Balaban J connectivity index is 1.09. The molecule has 11 nitrogen and oxygen atoms in total. The van der Waals surface area contributed by atoms with E-state index < -0.39 is 23.3 Å². The van der Waals surface area contributed by atoms with Crippen molar-refractivity contribution in [2.75, 3.05) is 26.2 Å². The van der Waals surface area contributed by atoms with Gasteiger partial charge in [0.25, 0.3) is 5.91 Å². The number of carbonyl (C=O) groups is 1. The van der Waals surface area contributed by atoms with E-state index in [2.05, 4.69) is 41.0 Å². The molecule has 39 heavy (non-hydrogen) atoms. The lowest BCUT2D eigenvalue weighted by atomic mass is 9.83. The fourth-order valence-corrected chi connectivity index (χ4v) is 5.44. The van der Waals surface area contributed by atoms with Gasteiger partial charge in [-0.3, -0.25) is 14.4 Å². The lowest BCUT2D eigenvalue weighted by molar-refractivity contribution is -0.141. The highest BCUT2D eigenvalue weighted by Gasteiger charge is 2.48. The van der Waals surface area contributed by atoms with Crippen LogP contribution in [0.1, 0.15) is 35.4 Å². The SMILES string of the molecule is N#CCC1(n2cc(-c3ncnc4[nH]ccc34)cn2)CN(C2CCN(C(=O)c3cnc(C(F)(F)F)cn3)CC2)C1. The summed E-state index contributed by atoms with van der Waals surface area (Å²) in [6.45, 7) is 2.21. The summed E-state index contributed by atoms with van der Waals surface area (Å²) >= 11 is 0. The third kappa shape index (κ3) is 4.48. The van der Waals surface area contributed by atoms with Gasteiger partial charge >= 0.3 is 6.18 Å². The summed E-state index contributed by atoms with van der Waals surface area (Å²) in [5.74, 6) is -0.428. The van der Waals surface area contributed by atoms with E-state index in [1.165, 1.54) is 6.33 Å². The lowest BCUT2D eigenvalue weighted by Crippen LogP contribution is -2.66. The van der Waals surface area contributed by atoms with Gasteiger partial charge in [-0.05, 0) is 18.9 Å². The van der Waals surface area contributed by atoms with Crippen LogP contribution in [0, 0.1) is 11.3 Å². The van der Waals surface area contributed by atoms with Gasteiger partial charge in [0.2, 0.25) is 0 Å². The lowest BCUT2D eigenvalue weighted by Gasteiger charge is -2.53. The van der Waals surface area contributed by atoms with Crippen molar-refractivity contribution in [1.29, 1.82) is 5.26 Å². The number of nitrogens with one attached hydrogen (secondary N) is 1. The van der Waals surface area contributed by atoms with Crippen molar-refractivity contribution in [3.63, 3.8) is 0 Å². The van der Waals surface area contributed by atoms with E-state index in [0.29, 0.717) is 51.6 Å². The molecule has 0 spiro atoms. The zero-order valence-corrected chi connectivity index (χ0v) is 20.6. The molecule has 0 unspecified atom stereocenters. The van der Waals surface area contributed by atoms with Crippen LogP contribution in [-0.2, 0) is 11.7 Å². The van der Waals surface area contributed by atoms with Gasteiger partial charge in [0.15, 0.2) is 5.69 Å². The predicted octanol–water partition coefficient (Wildman–Crippen LogP) is 2.86. The minimum absolute atomic E-state index is 0.103. The molecule has 2 aliphatic rings. The minimum atomic E-state index is -4.60. The number of amides is 1. The van der Waals surface area contributed by atoms with Crippen LogP contribution in [0.4, 0.5) is 13.2 Å². The van der Waals surface area contributed by atoms with Crippen molar-refractivity contribution in [3.8, 4) is 17.3 Å². The molecule has 1 amide bonds. The van der Waals surface area contributed by atoms with E-state index in [0.717, 1.165) is 28.5 Å². The summed E-state index contributed by atoms with van der Waals surface area (Å²) < 4.78 is 40.1. The Hall–Kier alpha value is -4.38. The topological polar surface area (TPSA) is 133 Å². The molecule has 2 saturated heterocycles. The Morgan fingerprint density at radius 3 is 2.62 bits per heavy atom. The average Bonchev–Trinajstić information content (AvgIpc) is 3.60. The smallest absolute Gasteiger partial charge is 0.346 e. The number of piperidine rings is 1. The molecule has 0 radical (unpaired) electrons. The fraction of sp³-hybridized carbons (Fsp3) is 0.400. The molecule has 0 saturated carbocycles. The Kier molecular flexibility index (Phi) is 6.02. The Morgan fingerprint density at radius 2 is 1.92 bits per heavy atom.